The minimum absolute atomic E-state index is 0.0496. The Bertz CT molecular complexity index is 1330. The minimum Gasteiger partial charge on any atom is -0.507 e. The first-order valence-corrected chi connectivity index (χ1v) is 13.7. The van der Waals surface area contributed by atoms with E-state index in [1.54, 1.807) is 12.1 Å². The standard InChI is InChI=1S/C29H28BrNO6/c1-37-15-7-8-17(22(32)11-15)24-16-9-10-18-25(29(36)31(28(18)35)14-5-3-2-4-6-14)19(16)12-20-26(24)23(33)13-21(30)27(20)34/h7-9,11,13-14,18-19,24-25,32H,2-6,10,12H2,1H3. The van der Waals surface area contributed by atoms with Crippen LogP contribution < -0.4 is 4.74 Å². The fourth-order valence-electron chi connectivity index (χ4n) is 7.18. The van der Waals surface area contributed by atoms with Crippen LogP contribution in [0.2, 0.25) is 0 Å². The third-order valence-electron chi connectivity index (χ3n) is 8.85. The largest absolute Gasteiger partial charge is 0.507 e. The van der Waals surface area contributed by atoms with Gasteiger partial charge in [0.2, 0.25) is 11.8 Å². The summed E-state index contributed by atoms with van der Waals surface area (Å²) in [7, 11) is 1.50. The maximum atomic E-state index is 13.9. The molecule has 0 radical (unpaired) electrons. The second-order valence-electron chi connectivity index (χ2n) is 10.7. The van der Waals surface area contributed by atoms with Crippen LogP contribution in [0, 0.1) is 17.8 Å². The van der Waals surface area contributed by atoms with E-state index >= 15 is 0 Å². The van der Waals surface area contributed by atoms with Crippen molar-refractivity contribution in [3.8, 4) is 11.5 Å². The average molecular weight is 566 g/mol. The molecule has 192 valence electrons. The molecule has 1 aliphatic heterocycles. The number of carbonyl (C=O) groups excluding carboxylic acids is 4. The van der Waals surface area contributed by atoms with Crippen LogP contribution in [0.25, 0.3) is 0 Å². The molecule has 8 heteroatoms. The molecule has 1 N–H and O–H groups in total. The number of aromatic hydroxyl groups is 1. The Morgan fingerprint density at radius 1 is 1.03 bits per heavy atom. The van der Waals surface area contributed by atoms with Gasteiger partial charge in [-0.05, 0) is 53.6 Å². The van der Waals surface area contributed by atoms with Crippen LogP contribution in [-0.4, -0.2) is 46.5 Å². The number of phenolic OH excluding ortho intramolecular Hbond substituents is 1. The molecule has 0 bridgehead atoms. The van der Waals surface area contributed by atoms with Crippen molar-refractivity contribution in [1.29, 1.82) is 0 Å². The number of allylic oxidation sites excluding steroid dienone is 6. The number of Topliss-reactive ketones (excluding diaryl/α,β-unsaturated/α-hetero) is 1. The van der Waals surface area contributed by atoms with Crippen molar-refractivity contribution in [3.05, 3.63) is 57.1 Å². The lowest BCUT2D eigenvalue weighted by atomic mass is 9.59. The fraction of sp³-hybridized carbons (Fsp3) is 0.448. The number of likely N-dealkylation sites (tertiary alicyclic amines) is 1. The van der Waals surface area contributed by atoms with Gasteiger partial charge in [-0.15, -0.1) is 0 Å². The molecule has 6 rings (SSSR count). The van der Waals surface area contributed by atoms with Crippen LogP contribution in [0.5, 0.6) is 11.5 Å². The molecule has 7 nitrogen and oxygen atoms in total. The summed E-state index contributed by atoms with van der Waals surface area (Å²) >= 11 is 3.24. The third kappa shape index (κ3) is 3.67. The van der Waals surface area contributed by atoms with E-state index in [0.29, 0.717) is 28.9 Å². The summed E-state index contributed by atoms with van der Waals surface area (Å²) in [5.41, 5.74) is 2.02. The predicted octanol–water partition coefficient (Wildman–Crippen LogP) is 4.50. The number of benzene rings is 1. The number of methoxy groups -OCH3 is 1. The van der Waals surface area contributed by atoms with Crippen LogP contribution in [-0.2, 0) is 19.2 Å². The van der Waals surface area contributed by atoms with Crippen molar-refractivity contribution in [2.75, 3.05) is 7.11 Å². The second-order valence-corrected chi connectivity index (χ2v) is 11.5. The predicted molar refractivity (Wildman–Crippen MR) is 138 cm³/mol. The number of hydrogen-bond donors (Lipinski definition) is 1. The first-order valence-electron chi connectivity index (χ1n) is 12.9. The van der Waals surface area contributed by atoms with Gasteiger partial charge in [-0.25, -0.2) is 0 Å². The molecule has 0 aromatic heterocycles. The van der Waals surface area contributed by atoms with Gasteiger partial charge in [-0.1, -0.05) is 37.0 Å². The SMILES string of the molecule is COc1ccc(C2C3=CCC4C(=O)N(C5CCCCC5)C(=O)C4C3CC3=C2C(=O)C=C(Br)C3=O)c(O)c1. The van der Waals surface area contributed by atoms with Gasteiger partial charge in [0, 0.05) is 40.8 Å². The zero-order valence-corrected chi connectivity index (χ0v) is 22.1. The fourth-order valence-corrected chi connectivity index (χ4v) is 7.63. The highest BCUT2D eigenvalue weighted by molar-refractivity contribution is 9.12. The molecular weight excluding hydrogens is 538 g/mol. The van der Waals surface area contributed by atoms with Crippen LogP contribution in [0.15, 0.2) is 51.6 Å². The summed E-state index contributed by atoms with van der Waals surface area (Å²) in [5, 5.41) is 11.0. The first kappa shape index (κ1) is 24.3. The van der Waals surface area contributed by atoms with E-state index in [1.165, 1.54) is 24.2 Å². The molecular formula is C29H28BrNO6. The topological polar surface area (TPSA) is 101 Å². The van der Waals surface area contributed by atoms with Crippen molar-refractivity contribution < 1.29 is 29.0 Å². The van der Waals surface area contributed by atoms with Crippen molar-refractivity contribution >= 4 is 39.3 Å². The summed E-state index contributed by atoms with van der Waals surface area (Å²) in [5.74, 6) is -2.51. The zero-order valence-electron chi connectivity index (χ0n) is 20.5. The van der Waals surface area contributed by atoms with Gasteiger partial charge in [0.15, 0.2) is 11.6 Å². The van der Waals surface area contributed by atoms with Gasteiger partial charge in [-0.2, -0.15) is 0 Å². The van der Waals surface area contributed by atoms with Crippen LogP contribution in [0.3, 0.4) is 0 Å². The molecule has 1 aromatic rings. The maximum absolute atomic E-state index is 13.9. The number of ether oxygens (including phenoxy) is 1. The Balaban J connectivity index is 1.47. The van der Waals surface area contributed by atoms with Gasteiger partial charge >= 0.3 is 0 Å². The molecule has 4 aliphatic carbocycles. The number of fused-ring (bicyclic) bond motifs is 3. The number of nitrogens with zero attached hydrogens (tertiary/aromatic N) is 1. The highest BCUT2D eigenvalue weighted by Gasteiger charge is 2.57. The third-order valence-corrected chi connectivity index (χ3v) is 9.44. The number of ketones is 2. The number of hydrogen-bond acceptors (Lipinski definition) is 6. The summed E-state index contributed by atoms with van der Waals surface area (Å²) in [6, 6.07) is 4.85. The Labute approximate surface area is 223 Å². The van der Waals surface area contributed by atoms with Gasteiger partial charge < -0.3 is 9.84 Å². The molecule has 2 fully saturated rings. The molecule has 0 spiro atoms. The van der Waals surface area contributed by atoms with Gasteiger partial charge in [0.05, 0.1) is 23.4 Å². The van der Waals surface area contributed by atoms with Gasteiger partial charge in [0.25, 0.3) is 0 Å². The summed E-state index contributed by atoms with van der Waals surface area (Å²) in [6.07, 6.45) is 8.71. The normalized spacial score (nSPS) is 30.1. The van der Waals surface area contributed by atoms with E-state index in [0.717, 1.165) is 37.7 Å². The van der Waals surface area contributed by atoms with Crippen molar-refractivity contribution in [3.63, 3.8) is 0 Å². The second kappa shape index (κ2) is 9.08. The molecule has 1 saturated carbocycles. The molecule has 4 atom stereocenters. The van der Waals surface area contributed by atoms with E-state index in [9.17, 15) is 24.3 Å². The smallest absolute Gasteiger partial charge is 0.233 e. The molecule has 1 aromatic carbocycles. The van der Waals surface area contributed by atoms with Gasteiger partial charge in [-0.3, -0.25) is 24.1 Å². The molecule has 2 amide bonds. The average Bonchev–Trinajstić information content (AvgIpc) is 3.16. The van der Waals surface area contributed by atoms with E-state index < -0.39 is 23.7 Å². The first-order chi connectivity index (χ1) is 17.8. The summed E-state index contributed by atoms with van der Waals surface area (Å²) in [4.78, 5) is 55.5. The van der Waals surface area contributed by atoms with Crippen LogP contribution in [0.1, 0.15) is 56.4 Å². The lowest BCUT2D eigenvalue weighted by molar-refractivity contribution is -0.143. The Kier molecular flexibility index (Phi) is 5.97. The maximum Gasteiger partial charge on any atom is 0.233 e. The quantitative estimate of drug-likeness (QED) is 0.329. The molecule has 5 aliphatic rings. The monoisotopic (exact) mass is 565 g/mol. The number of rotatable bonds is 3. The van der Waals surface area contributed by atoms with Crippen LogP contribution in [0.4, 0.5) is 0 Å². The summed E-state index contributed by atoms with van der Waals surface area (Å²) < 4.78 is 5.43. The highest BCUT2D eigenvalue weighted by atomic mass is 79.9. The molecule has 1 saturated heterocycles. The summed E-state index contributed by atoms with van der Waals surface area (Å²) in [6.45, 7) is 0. The zero-order chi connectivity index (χ0) is 26.0. The number of phenols is 1. The number of halogens is 1. The molecule has 37 heavy (non-hydrogen) atoms. The molecule has 1 heterocycles. The number of amides is 2. The van der Waals surface area contributed by atoms with E-state index in [4.69, 9.17) is 4.74 Å². The lowest BCUT2D eigenvalue weighted by Crippen LogP contribution is -2.43. The molecule has 4 unspecified atom stereocenters. The van der Waals surface area contributed by atoms with E-state index in [2.05, 4.69) is 15.9 Å². The van der Waals surface area contributed by atoms with Crippen molar-refractivity contribution in [2.45, 2.75) is 56.9 Å². The Morgan fingerprint density at radius 2 is 1.78 bits per heavy atom. The van der Waals surface area contributed by atoms with Crippen molar-refractivity contribution in [2.24, 2.45) is 17.8 Å². The lowest BCUT2D eigenvalue weighted by Gasteiger charge is -2.42. The Morgan fingerprint density at radius 3 is 2.49 bits per heavy atom. The number of imide groups is 1. The van der Waals surface area contributed by atoms with Crippen molar-refractivity contribution in [1.82, 2.24) is 4.90 Å². The Hall–Kier alpha value is -3.00. The van der Waals surface area contributed by atoms with E-state index in [1.807, 2.05) is 6.08 Å². The van der Waals surface area contributed by atoms with Crippen LogP contribution >= 0.6 is 15.9 Å². The van der Waals surface area contributed by atoms with E-state index in [-0.39, 0.29) is 46.1 Å². The number of carbonyl (C=O) groups is 4. The highest BCUT2D eigenvalue weighted by Crippen LogP contribution is 2.56. The van der Waals surface area contributed by atoms with Gasteiger partial charge in [0.1, 0.15) is 11.5 Å². The minimum atomic E-state index is -0.680.